The molecular weight excluding hydrogens is 154 g/mol. The summed E-state index contributed by atoms with van der Waals surface area (Å²) in [4.78, 5) is 18.8. The molecule has 1 aromatic rings. The van der Waals surface area contributed by atoms with E-state index in [-0.39, 0.29) is 11.6 Å². The van der Waals surface area contributed by atoms with Crippen molar-refractivity contribution < 1.29 is 4.79 Å². The number of aryl methyl sites for hydroxylation is 1. The summed E-state index contributed by atoms with van der Waals surface area (Å²) in [7, 11) is 0. The number of ketones is 1. The van der Waals surface area contributed by atoms with Gasteiger partial charge in [-0.25, -0.2) is 9.97 Å². The van der Waals surface area contributed by atoms with Gasteiger partial charge in [0.2, 0.25) is 0 Å². The molecule has 2 N–H and O–H groups in total. The second-order valence-corrected chi connectivity index (χ2v) is 2.49. The zero-order chi connectivity index (χ0) is 9.14. The number of carbonyl (C=O) groups is 1. The molecular formula is C8H11N3O. The molecule has 0 atom stereocenters. The lowest BCUT2D eigenvalue weighted by atomic mass is 10.2. The number of carbonyl (C=O) groups excluding carboxylic acids is 1. The van der Waals surface area contributed by atoms with Crippen LogP contribution in [0.5, 0.6) is 0 Å². The van der Waals surface area contributed by atoms with Gasteiger partial charge in [0, 0.05) is 12.6 Å². The van der Waals surface area contributed by atoms with Crippen molar-refractivity contribution in [2.45, 2.75) is 20.3 Å². The molecule has 0 aliphatic heterocycles. The number of nitrogens with two attached hydrogens (primary N) is 1. The van der Waals surface area contributed by atoms with Gasteiger partial charge in [0.05, 0.1) is 5.56 Å². The first-order chi connectivity index (χ1) is 5.65. The van der Waals surface area contributed by atoms with Crippen LogP contribution in [0.1, 0.15) is 30.0 Å². The Labute approximate surface area is 70.8 Å². The Morgan fingerprint density at radius 3 is 2.75 bits per heavy atom. The maximum atomic E-state index is 10.9. The predicted molar refractivity (Wildman–Crippen MR) is 45.8 cm³/mol. The summed E-state index contributed by atoms with van der Waals surface area (Å²) in [6.07, 6.45) is 2.20. The van der Waals surface area contributed by atoms with Crippen LogP contribution in [-0.4, -0.2) is 15.8 Å². The highest BCUT2D eigenvalue weighted by Crippen LogP contribution is 2.07. The maximum Gasteiger partial charge on any atom is 0.165 e. The van der Waals surface area contributed by atoms with Gasteiger partial charge >= 0.3 is 0 Å². The Morgan fingerprint density at radius 2 is 2.33 bits per heavy atom. The molecule has 0 amide bonds. The van der Waals surface area contributed by atoms with Gasteiger partial charge in [0.1, 0.15) is 11.6 Å². The Bertz CT molecular complexity index is 309. The number of nitrogens with zero attached hydrogens (tertiary/aromatic N) is 2. The minimum Gasteiger partial charge on any atom is -0.383 e. The van der Waals surface area contributed by atoms with Crippen LogP contribution in [0.2, 0.25) is 0 Å². The highest BCUT2D eigenvalue weighted by molar-refractivity contribution is 5.97. The lowest BCUT2D eigenvalue weighted by Gasteiger charge is -2.01. The average molecular weight is 165 g/mol. The van der Waals surface area contributed by atoms with Gasteiger partial charge in [-0.3, -0.25) is 4.79 Å². The van der Waals surface area contributed by atoms with E-state index in [1.807, 2.05) is 6.92 Å². The highest BCUT2D eigenvalue weighted by Gasteiger charge is 2.06. The highest BCUT2D eigenvalue weighted by atomic mass is 16.1. The molecule has 1 rings (SSSR count). The van der Waals surface area contributed by atoms with E-state index in [2.05, 4.69) is 9.97 Å². The largest absolute Gasteiger partial charge is 0.383 e. The van der Waals surface area contributed by atoms with Crippen molar-refractivity contribution in [1.29, 1.82) is 0 Å². The van der Waals surface area contributed by atoms with Crippen LogP contribution < -0.4 is 5.73 Å². The molecule has 0 spiro atoms. The summed E-state index contributed by atoms with van der Waals surface area (Å²) in [5, 5.41) is 0. The second-order valence-electron chi connectivity index (χ2n) is 2.49. The normalized spacial score (nSPS) is 9.83. The molecule has 1 heterocycles. The number of hydrogen-bond donors (Lipinski definition) is 1. The molecule has 4 nitrogen and oxygen atoms in total. The van der Waals surface area contributed by atoms with Crippen molar-refractivity contribution in [1.82, 2.24) is 9.97 Å². The number of anilines is 1. The smallest absolute Gasteiger partial charge is 0.165 e. The lowest BCUT2D eigenvalue weighted by Crippen LogP contribution is -2.06. The summed E-state index contributed by atoms with van der Waals surface area (Å²) in [5.74, 6) is 0.835. The van der Waals surface area contributed by atoms with Crippen LogP contribution in [0.15, 0.2) is 6.20 Å². The summed E-state index contributed by atoms with van der Waals surface area (Å²) < 4.78 is 0. The van der Waals surface area contributed by atoms with Crippen molar-refractivity contribution in [3.8, 4) is 0 Å². The van der Waals surface area contributed by atoms with E-state index in [1.54, 1.807) is 0 Å². The van der Waals surface area contributed by atoms with Crippen LogP contribution in [-0.2, 0) is 6.42 Å². The quantitative estimate of drug-likeness (QED) is 0.659. The van der Waals surface area contributed by atoms with Crippen molar-refractivity contribution in [3.63, 3.8) is 0 Å². The standard InChI is InChI=1S/C8H11N3O/c1-3-7-10-4-6(5(2)12)8(9)11-7/h4H,3H2,1-2H3,(H2,9,10,11). The van der Waals surface area contributed by atoms with Gasteiger partial charge in [0.25, 0.3) is 0 Å². The second kappa shape index (κ2) is 3.30. The fourth-order valence-electron chi connectivity index (χ4n) is 0.875. The first-order valence-corrected chi connectivity index (χ1v) is 3.77. The third kappa shape index (κ3) is 1.58. The average Bonchev–Trinajstić information content (AvgIpc) is 2.03. The third-order valence-electron chi connectivity index (χ3n) is 1.56. The molecule has 0 aliphatic carbocycles. The molecule has 0 radical (unpaired) electrons. The molecule has 0 saturated carbocycles. The van der Waals surface area contributed by atoms with E-state index in [4.69, 9.17) is 5.73 Å². The molecule has 0 aliphatic rings. The Balaban J connectivity index is 3.12. The number of Topliss-reactive ketones (excluding diaryl/α,β-unsaturated/α-hetero) is 1. The third-order valence-corrected chi connectivity index (χ3v) is 1.56. The summed E-state index contributed by atoms with van der Waals surface area (Å²) in [5.41, 5.74) is 5.92. The van der Waals surface area contributed by atoms with Crippen LogP contribution in [0.3, 0.4) is 0 Å². The molecule has 12 heavy (non-hydrogen) atoms. The molecule has 0 unspecified atom stereocenters. The van der Waals surface area contributed by atoms with Crippen molar-refractivity contribution in [3.05, 3.63) is 17.6 Å². The first kappa shape index (κ1) is 8.64. The Hall–Kier alpha value is -1.45. The van der Waals surface area contributed by atoms with Gasteiger partial charge in [-0.15, -0.1) is 0 Å². The van der Waals surface area contributed by atoms with Crippen molar-refractivity contribution in [2.75, 3.05) is 5.73 Å². The zero-order valence-corrected chi connectivity index (χ0v) is 7.16. The molecule has 4 heteroatoms. The fourth-order valence-corrected chi connectivity index (χ4v) is 0.875. The summed E-state index contributed by atoms with van der Waals surface area (Å²) in [6.45, 7) is 3.38. The molecule has 1 aromatic heterocycles. The SMILES string of the molecule is CCc1ncc(C(C)=O)c(N)n1. The van der Waals surface area contributed by atoms with Gasteiger partial charge < -0.3 is 5.73 Å². The number of rotatable bonds is 2. The minimum absolute atomic E-state index is 0.102. The van der Waals surface area contributed by atoms with Crippen LogP contribution in [0, 0.1) is 0 Å². The predicted octanol–water partition coefficient (Wildman–Crippen LogP) is 0.824. The van der Waals surface area contributed by atoms with Gasteiger partial charge in [-0.1, -0.05) is 6.92 Å². The van der Waals surface area contributed by atoms with E-state index in [0.717, 1.165) is 6.42 Å². The van der Waals surface area contributed by atoms with Crippen molar-refractivity contribution >= 4 is 11.6 Å². The maximum absolute atomic E-state index is 10.9. The number of hydrogen-bond acceptors (Lipinski definition) is 4. The zero-order valence-electron chi connectivity index (χ0n) is 7.16. The molecule has 0 saturated heterocycles. The topological polar surface area (TPSA) is 68.9 Å². The van der Waals surface area contributed by atoms with Crippen molar-refractivity contribution in [2.24, 2.45) is 0 Å². The molecule has 0 fully saturated rings. The molecule has 0 aromatic carbocycles. The van der Waals surface area contributed by atoms with Gasteiger partial charge in [0.15, 0.2) is 5.78 Å². The Morgan fingerprint density at radius 1 is 1.67 bits per heavy atom. The van der Waals surface area contributed by atoms with E-state index in [9.17, 15) is 4.79 Å². The van der Waals surface area contributed by atoms with E-state index in [0.29, 0.717) is 11.4 Å². The van der Waals surface area contributed by atoms with E-state index in [1.165, 1.54) is 13.1 Å². The van der Waals surface area contributed by atoms with Gasteiger partial charge in [-0.2, -0.15) is 0 Å². The summed E-state index contributed by atoms with van der Waals surface area (Å²) in [6, 6.07) is 0. The Kier molecular flexibility index (Phi) is 2.38. The van der Waals surface area contributed by atoms with Gasteiger partial charge in [-0.05, 0) is 6.92 Å². The fraction of sp³-hybridized carbons (Fsp3) is 0.375. The number of aromatic nitrogens is 2. The minimum atomic E-state index is -0.102. The van der Waals surface area contributed by atoms with Crippen LogP contribution >= 0.6 is 0 Å². The van der Waals surface area contributed by atoms with E-state index >= 15 is 0 Å². The summed E-state index contributed by atoms with van der Waals surface area (Å²) >= 11 is 0. The van der Waals surface area contributed by atoms with Crippen LogP contribution in [0.25, 0.3) is 0 Å². The lowest BCUT2D eigenvalue weighted by molar-refractivity contribution is 0.101. The number of nitrogen functional groups attached to an aromatic ring is 1. The van der Waals surface area contributed by atoms with Crippen LogP contribution in [0.4, 0.5) is 5.82 Å². The molecule has 64 valence electrons. The van der Waals surface area contributed by atoms with E-state index < -0.39 is 0 Å². The molecule has 0 bridgehead atoms. The monoisotopic (exact) mass is 165 g/mol. The first-order valence-electron chi connectivity index (χ1n) is 3.77.